The van der Waals surface area contributed by atoms with Crippen LogP contribution in [0.2, 0.25) is 0 Å². The smallest absolute Gasteiger partial charge is 0.331 e. The SMILES string of the molecule is CC(=O)N[C@@H](CCC(=O)SCCNC(=O)CCNC(=O)[C@H](O)C(C)(C)COC(=O)[C@H](CO)NC(C)=O)C(=O)O. The van der Waals surface area contributed by atoms with Gasteiger partial charge in [0.05, 0.1) is 13.2 Å². The Labute approximate surface area is 230 Å². The second kappa shape index (κ2) is 18.1. The third kappa shape index (κ3) is 15.7. The van der Waals surface area contributed by atoms with Gasteiger partial charge < -0.3 is 41.3 Å². The van der Waals surface area contributed by atoms with Gasteiger partial charge in [-0.15, -0.1) is 0 Å². The van der Waals surface area contributed by atoms with Crippen molar-refractivity contribution in [1.29, 1.82) is 0 Å². The summed E-state index contributed by atoms with van der Waals surface area (Å²) in [6.45, 7) is 4.23. The highest BCUT2D eigenvalue weighted by atomic mass is 32.2. The van der Waals surface area contributed by atoms with Crippen molar-refractivity contribution in [2.24, 2.45) is 5.41 Å². The molecule has 0 rings (SSSR count). The van der Waals surface area contributed by atoms with Crippen molar-refractivity contribution in [3.05, 3.63) is 0 Å². The summed E-state index contributed by atoms with van der Waals surface area (Å²) in [5.41, 5.74) is -1.23. The van der Waals surface area contributed by atoms with Crippen molar-refractivity contribution in [1.82, 2.24) is 21.3 Å². The molecule has 0 saturated carbocycles. The number of nitrogens with one attached hydrogen (secondary N) is 4. The minimum atomic E-state index is -1.60. The van der Waals surface area contributed by atoms with Gasteiger partial charge in [0, 0.05) is 50.9 Å². The lowest BCUT2D eigenvalue weighted by Gasteiger charge is -2.29. The molecule has 0 fully saturated rings. The molecule has 0 bridgehead atoms. The van der Waals surface area contributed by atoms with Crippen molar-refractivity contribution < 1.29 is 53.6 Å². The maximum Gasteiger partial charge on any atom is 0.331 e. The van der Waals surface area contributed by atoms with Gasteiger partial charge in [0.15, 0.2) is 11.2 Å². The highest BCUT2D eigenvalue weighted by Crippen LogP contribution is 2.21. The van der Waals surface area contributed by atoms with E-state index in [9.17, 15) is 43.8 Å². The second-order valence-corrected chi connectivity index (χ2v) is 10.3. The van der Waals surface area contributed by atoms with Crippen LogP contribution in [0.25, 0.3) is 0 Å². The van der Waals surface area contributed by atoms with E-state index in [2.05, 4.69) is 21.3 Å². The van der Waals surface area contributed by atoms with Gasteiger partial charge in [-0.2, -0.15) is 0 Å². The zero-order valence-electron chi connectivity index (χ0n) is 22.4. The van der Waals surface area contributed by atoms with Gasteiger partial charge in [0.25, 0.3) is 0 Å². The quantitative estimate of drug-likeness (QED) is 0.0669. The number of thioether (sulfide) groups is 1. The van der Waals surface area contributed by atoms with Crippen molar-refractivity contribution >= 4 is 52.4 Å². The lowest BCUT2D eigenvalue weighted by molar-refractivity contribution is -0.157. The Bertz CT molecular complexity index is 897. The predicted octanol–water partition coefficient (Wildman–Crippen LogP) is -2.33. The highest BCUT2D eigenvalue weighted by molar-refractivity contribution is 8.13. The van der Waals surface area contributed by atoms with Crippen molar-refractivity contribution in [3.63, 3.8) is 0 Å². The van der Waals surface area contributed by atoms with E-state index in [1.54, 1.807) is 0 Å². The van der Waals surface area contributed by atoms with Crippen LogP contribution < -0.4 is 21.3 Å². The standard InChI is InChI=1S/C23H38N4O11S/c1-13(29)26-15(21(35)36)5-6-18(32)39-10-9-24-17(31)7-8-25-20(34)19(33)23(3,4)12-38-22(37)16(11-28)27-14(2)30/h15-16,19,28,33H,5-12H2,1-4H3,(H,24,31)(H,25,34)(H,26,29)(H,27,30)(H,35,36)/t15-,16-,19-/m0/s1. The van der Waals surface area contributed by atoms with Crippen LogP contribution in [-0.4, -0.2) is 106 Å². The monoisotopic (exact) mass is 578 g/mol. The molecule has 0 aliphatic heterocycles. The van der Waals surface area contributed by atoms with Crippen molar-refractivity contribution in [2.75, 3.05) is 32.1 Å². The molecule has 222 valence electrons. The molecule has 4 amide bonds. The summed E-state index contributed by atoms with van der Waals surface area (Å²) in [5, 5.41) is 37.6. The number of esters is 1. The lowest BCUT2D eigenvalue weighted by Crippen LogP contribution is -2.48. The zero-order valence-corrected chi connectivity index (χ0v) is 23.2. The summed E-state index contributed by atoms with van der Waals surface area (Å²) in [7, 11) is 0. The first-order valence-electron chi connectivity index (χ1n) is 12.0. The van der Waals surface area contributed by atoms with E-state index in [1.807, 2.05) is 0 Å². The average molecular weight is 579 g/mol. The number of rotatable bonds is 18. The van der Waals surface area contributed by atoms with Gasteiger partial charge in [-0.25, -0.2) is 9.59 Å². The molecule has 0 aliphatic carbocycles. The number of aliphatic carboxylic acids is 1. The Kier molecular flexibility index (Phi) is 16.6. The Hall–Kier alpha value is -3.24. The van der Waals surface area contributed by atoms with E-state index in [1.165, 1.54) is 20.8 Å². The van der Waals surface area contributed by atoms with E-state index in [-0.39, 0.29) is 43.2 Å². The van der Waals surface area contributed by atoms with Gasteiger partial charge in [-0.05, 0) is 6.42 Å². The molecule has 3 atom stereocenters. The molecule has 0 aliphatic rings. The molecule has 0 aromatic heterocycles. The van der Waals surface area contributed by atoms with E-state index in [0.717, 1.165) is 18.7 Å². The van der Waals surface area contributed by atoms with Crippen LogP contribution in [0.4, 0.5) is 0 Å². The zero-order chi connectivity index (χ0) is 30.2. The fourth-order valence-electron chi connectivity index (χ4n) is 2.89. The Balaban J connectivity index is 4.29. The summed E-state index contributed by atoms with van der Waals surface area (Å²) in [6, 6.07) is -2.44. The number of carboxylic acid groups (broad SMARTS) is 1. The number of hydrogen-bond donors (Lipinski definition) is 7. The van der Waals surface area contributed by atoms with Crippen LogP contribution in [0, 0.1) is 5.41 Å². The van der Waals surface area contributed by atoms with E-state index in [4.69, 9.17) is 9.84 Å². The van der Waals surface area contributed by atoms with Gasteiger partial charge in [-0.3, -0.25) is 24.0 Å². The third-order valence-electron chi connectivity index (χ3n) is 5.07. The number of carboxylic acids is 1. The normalized spacial score (nSPS) is 13.3. The number of ether oxygens (including phenoxy) is 1. The van der Waals surface area contributed by atoms with Gasteiger partial charge in [-0.1, -0.05) is 25.6 Å². The fourth-order valence-corrected chi connectivity index (χ4v) is 3.59. The van der Waals surface area contributed by atoms with Crippen LogP contribution in [0.15, 0.2) is 0 Å². The van der Waals surface area contributed by atoms with E-state index >= 15 is 0 Å². The largest absolute Gasteiger partial charge is 0.480 e. The number of carbonyl (C=O) groups is 7. The number of amides is 4. The Morgan fingerprint density at radius 3 is 2.03 bits per heavy atom. The minimum absolute atomic E-state index is 0.0574. The molecule has 7 N–H and O–H groups in total. The molecule has 0 heterocycles. The summed E-state index contributed by atoms with van der Waals surface area (Å²) < 4.78 is 5.01. The summed E-state index contributed by atoms with van der Waals surface area (Å²) in [5.74, 6) is -4.22. The summed E-state index contributed by atoms with van der Waals surface area (Å²) in [4.78, 5) is 81.2. The van der Waals surface area contributed by atoms with Crippen molar-refractivity contribution in [3.8, 4) is 0 Å². The molecule has 0 radical (unpaired) electrons. The summed E-state index contributed by atoms with van der Waals surface area (Å²) in [6.07, 6.45) is -1.84. The fraction of sp³-hybridized carbons (Fsp3) is 0.696. The van der Waals surface area contributed by atoms with Gasteiger partial charge in [0.2, 0.25) is 23.6 Å². The first kappa shape index (κ1) is 35.8. The molecule has 0 aromatic rings. The number of aliphatic hydroxyl groups is 2. The number of carbonyl (C=O) groups excluding carboxylic acids is 6. The maximum absolute atomic E-state index is 12.3. The van der Waals surface area contributed by atoms with E-state index in [0.29, 0.717) is 0 Å². The molecule has 15 nitrogen and oxygen atoms in total. The van der Waals surface area contributed by atoms with Crippen LogP contribution in [0.1, 0.15) is 47.0 Å². The van der Waals surface area contributed by atoms with Crippen molar-refractivity contribution in [2.45, 2.75) is 65.1 Å². The molecule has 0 saturated heterocycles. The first-order valence-corrected chi connectivity index (χ1v) is 13.0. The summed E-state index contributed by atoms with van der Waals surface area (Å²) >= 11 is 0.906. The molecular weight excluding hydrogens is 540 g/mol. The highest BCUT2D eigenvalue weighted by Gasteiger charge is 2.35. The second-order valence-electron chi connectivity index (χ2n) is 9.18. The molecule has 16 heteroatoms. The van der Waals surface area contributed by atoms with Gasteiger partial charge in [0.1, 0.15) is 12.1 Å². The Morgan fingerprint density at radius 2 is 1.49 bits per heavy atom. The molecule has 39 heavy (non-hydrogen) atoms. The topological polar surface area (TPSA) is 238 Å². The lowest BCUT2D eigenvalue weighted by atomic mass is 9.87. The average Bonchev–Trinajstić information content (AvgIpc) is 2.85. The number of hydrogen-bond acceptors (Lipinski definition) is 11. The first-order chi connectivity index (χ1) is 18.1. The Morgan fingerprint density at radius 1 is 0.897 bits per heavy atom. The number of aliphatic hydroxyl groups excluding tert-OH is 2. The third-order valence-corrected chi connectivity index (χ3v) is 6.01. The molecule has 0 aromatic carbocycles. The van der Waals surface area contributed by atoms with Crippen LogP contribution in [0.5, 0.6) is 0 Å². The molecule has 0 unspecified atom stereocenters. The maximum atomic E-state index is 12.3. The molecule has 0 spiro atoms. The van der Waals surface area contributed by atoms with Crippen LogP contribution >= 0.6 is 11.8 Å². The van der Waals surface area contributed by atoms with E-state index < -0.39 is 72.4 Å². The minimum Gasteiger partial charge on any atom is -0.480 e. The van der Waals surface area contributed by atoms with Crippen LogP contribution in [0.3, 0.4) is 0 Å². The van der Waals surface area contributed by atoms with Gasteiger partial charge >= 0.3 is 11.9 Å². The van der Waals surface area contributed by atoms with Crippen LogP contribution in [-0.2, 0) is 38.3 Å². The predicted molar refractivity (Wildman–Crippen MR) is 138 cm³/mol. The molecular formula is C23H38N4O11S.